The number of hydrogen-bond donors (Lipinski definition) is 1. The largest absolute Gasteiger partial charge is 0.382 e. The number of hydrogen-bond acceptors (Lipinski definition) is 3. The van der Waals surface area contributed by atoms with E-state index in [0.29, 0.717) is 11.4 Å². The van der Waals surface area contributed by atoms with Gasteiger partial charge in [0.05, 0.1) is 15.3 Å². The normalized spacial score (nSPS) is 24.3. The lowest BCUT2D eigenvalue weighted by Gasteiger charge is -2.44. The molecule has 1 aromatic rings. The Morgan fingerprint density at radius 3 is 2.69 bits per heavy atom. The summed E-state index contributed by atoms with van der Waals surface area (Å²) in [4.78, 5) is 0.490. The van der Waals surface area contributed by atoms with Crippen LogP contribution in [0.25, 0.3) is 0 Å². The van der Waals surface area contributed by atoms with E-state index in [0.717, 1.165) is 30.5 Å². The quantitative estimate of drug-likeness (QED) is 0.751. The number of benzene rings is 1. The fourth-order valence-corrected chi connectivity index (χ4v) is 4.84. The molecular formula is C12H15NO2S. The van der Waals surface area contributed by atoms with E-state index in [4.69, 9.17) is 0 Å². The van der Waals surface area contributed by atoms with Gasteiger partial charge in [0.2, 0.25) is 0 Å². The molecule has 4 heteroatoms. The predicted octanol–water partition coefficient (Wildman–Crippen LogP) is 2.12. The molecule has 0 amide bonds. The number of sulfone groups is 1. The molecule has 86 valence electrons. The van der Waals surface area contributed by atoms with E-state index >= 15 is 0 Å². The van der Waals surface area contributed by atoms with Crippen LogP contribution >= 0.6 is 0 Å². The van der Waals surface area contributed by atoms with Gasteiger partial charge in [-0.15, -0.1) is 0 Å². The Balaban J connectivity index is 2.19. The van der Waals surface area contributed by atoms with Gasteiger partial charge in [-0.05, 0) is 37.5 Å². The van der Waals surface area contributed by atoms with Crippen LogP contribution in [0.4, 0.5) is 5.69 Å². The van der Waals surface area contributed by atoms with Gasteiger partial charge in [0.15, 0.2) is 9.84 Å². The van der Waals surface area contributed by atoms with Crippen molar-refractivity contribution in [1.82, 2.24) is 0 Å². The van der Waals surface area contributed by atoms with Crippen molar-refractivity contribution in [2.24, 2.45) is 0 Å². The summed E-state index contributed by atoms with van der Waals surface area (Å²) in [6.45, 7) is 2.55. The molecule has 3 nitrogen and oxygen atoms in total. The molecule has 3 rings (SSSR count). The third-order valence-corrected chi connectivity index (χ3v) is 6.49. The zero-order chi connectivity index (χ0) is 11.4. The number of fused-ring (bicyclic) bond motifs is 1. The molecule has 0 atom stereocenters. The Hall–Kier alpha value is -1.03. The summed E-state index contributed by atoms with van der Waals surface area (Å²) in [5, 5.41) is 3.27. The van der Waals surface area contributed by atoms with E-state index < -0.39 is 14.6 Å². The van der Waals surface area contributed by atoms with Gasteiger partial charge in [0.25, 0.3) is 0 Å². The van der Waals surface area contributed by atoms with E-state index in [1.165, 1.54) is 0 Å². The number of aryl methyl sites for hydroxylation is 1. The lowest BCUT2D eigenvalue weighted by molar-refractivity contribution is 0.347. The highest BCUT2D eigenvalue weighted by Crippen LogP contribution is 2.47. The Morgan fingerprint density at radius 1 is 1.31 bits per heavy atom. The van der Waals surface area contributed by atoms with Gasteiger partial charge in [0, 0.05) is 6.54 Å². The van der Waals surface area contributed by atoms with Crippen molar-refractivity contribution >= 4 is 15.5 Å². The molecule has 16 heavy (non-hydrogen) atoms. The van der Waals surface area contributed by atoms with Crippen molar-refractivity contribution < 1.29 is 8.42 Å². The highest BCUT2D eigenvalue weighted by atomic mass is 32.2. The second-order valence-electron chi connectivity index (χ2n) is 4.89. The minimum absolute atomic E-state index is 0.490. The van der Waals surface area contributed by atoms with Crippen LogP contribution in [0.1, 0.15) is 24.8 Å². The van der Waals surface area contributed by atoms with Gasteiger partial charge in [-0.3, -0.25) is 0 Å². The van der Waals surface area contributed by atoms with Gasteiger partial charge in [0.1, 0.15) is 0 Å². The Bertz CT molecular complexity index is 544. The SMILES string of the molecule is Cc1ccc2c(c1)NCC1(CCC1)S2(=O)=O. The number of nitrogens with one attached hydrogen (secondary N) is 1. The van der Waals surface area contributed by atoms with Crippen LogP contribution in [0, 0.1) is 6.92 Å². The third-order valence-electron chi connectivity index (χ3n) is 3.86. The summed E-state index contributed by atoms with van der Waals surface area (Å²) in [6.07, 6.45) is 2.63. The summed E-state index contributed by atoms with van der Waals surface area (Å²) in [5.74, 6) is 0. The van der Waals surface area contributed by atoms with Gasteiger partial charge in [-0.1, -0.05) is 12.5 Å². The van der Waals surface area contributed by atoms with E-state index in [1.807, 2.05) is 19.1 Å². The maximum absolute atomic E-state index is 12.5. The topological polar surface area (TPSA) is 46.2 Å². The van der Waals surface area contributed by atoms with E-state index in [-0.39, 0.29) is 0 Å². The van der Waals surface area contributed by atoms with Crippen LogP contribution in [0.15, 0.2) is 23.1 Å². The van der Waals surface area contributed by atoms with Crippen LogP contribution in [0.3, 0.4) is 0 Å². The fourth-order valence-electron chi connectivity index (χ4n) is 2.62. The second-order valence-corrected chi connectivity index (χ2v) is 7.21. The minimum atomic E-state index is -3.12. The van der Waals surface area contributed by atoms with Crippen molar-refractivity contribution in [2.75, 3.05) is 11.9 Å². The molecule has 2 aliphatic rings. The monoisotopic (exact) mass is 237 g/mol. The molecule has 1 aromatic carbocycles. The lowest BCUT2D eigenvalue weighted by atomic mass is 9.84. The van der Waals surface area contributed by atoms with Crippen LogP contribution in [-0.4, -0.2) is 19.7 Å². The molecule has 1 N–H and O–H groups in total. The first-order valence-corrected chi connectivity index (χ1v) is 7.13. The first-order valence-electron chi connectivity index (χ1n) is 5.64. The van der Waals surface area contributed by atoms with E-state index in [1.54, 1.807) is 6.07 Å². The fraction of sp³-hybridized carbons (Fsp3) is 0.500. The molecule has 1 heterocycles. The van der Waals surface area contributed by atoms with Gasteiger partial charge < -0.3 is 5.32 Å². The molecular weight excluding hydrogens is 222 g/mol. The van der Waals surface area contributed by atoms with Crippen molar-refractivity contribution in [3.05, 3.63) is 23.8 Å². The highest BCUT2D eigenvalue weighted by molar-refractivity contribution is 7.93. The van der Waals surface area contributed by atoms with Crippen LogP contribution in [-0.2, 0) is 9.84 Å². The summed E-state index contributed by atoms with van der Waals surface area (Å²) in [5.41, 5.74) is 1.86. The predicted molar refractivity (Wildman–Crippen MR) is 63.4 cm³/mol. The van der Waals surface area contributed by atoms with E-state index in [2.05, 4.69) is 5.32 Å². The van der Waals surface area contributed by atoms with Gasteiger partial charge >= 0.3 is 0 Å². The smallest absolute Gasteiger partial charge is 0.187 e. The molecule has 0 unspecified atom stereocenters. The third kappa shape index (κ3) is 1.11. The molecule has 1 spiro atoms. The second kappa shape index (κ2) is 3.00. The summed E-state index contributed by atoms with van der Waals surface area (Å²) >= 11 is 0. The van der Waals surface area contributed by atoms with Crippen LogP contribution < -0.4 is 5.32 Å². The maximum Gasteiger partial charge on any atom is 0.187 e. The minimum Gasteiger partial charge on any atom is -0.382 e. The molecule has 0 saturated heterocycles. The Morgan fingerprint density at radius 2 is 2.06 bits per heavy atom. The molecule has 1 saturated carbocycles. The molecule has 1 aliphatic carbocycles. The van der Waals surface area contributed by atoms with Crippen LogP contribution in [0.5, 0.6) is 0 Å². The van der Waals surface area contributed by atoms with Gasteiger partial charge in [-0.2, -0.15) is 0 Å². The molecule has 1 fully saturated rings. The molecule has 0 radical (unpaired) electrons. The first kappa shape index (κ1) is 10.1. The Labute approximate surface area is 95.8 Å². The number of anilines is 1. The van der Waals surface area contributed by atoms with E-state index in [9.17, 15) is 8.42 Å². The van der Waals surface area contributed by atoms with Crippen molar-refractivity contribution in [3.63, 3.8) is 0 Å². The summed E-state index contributed by atoms with van der Waals surface area (Å²) in [7, 11) is -3.12. The zero-order valence-corrected chi connectivity index (χ0v) is 10.1. The molecule has 0 aromatic heterocycles. The average Bonchev–Trinajstić information content (AvgIpc) is 2.14. The maximum atomic E-state index is 12.5. The highest BCUT2D eigenvalue weighted by Gasteiger charge is 2.52. The summed E-state index contributed by atoms with van der Waals surface area (Å²) in [6, 6.07) is 5.53. The van der Waals surface area contributed by atoms with Crippen molar-refractivity contribution in [1.29, 1.82) is 0 Å². The molecule has 1 aliphatic heterocycles. The van der Waals surface area contributed by atoms with Crippen molar-refractivity contribution in [2.45, 2.75) is 35.8 Å². The standard InChI is InChI=1S/C12H15NO2S/c1-9-3-4-11-10(7-9)13-8-12(5-2-6-12)16(11,14)15/h3-4,7,13H,2,5-6,8H2,1H3. The average molecular weight is 237 g/mol. The molecule has 0 bridgehead atoms. The van der Waals surface area contributed by atoms with Gasteiger partial charge in [-0.25, -0.2) is 8.42 Å². The van der Waals surface area contributed by atoms with Crippen LogP contribution in [0.2, 0.25) is 0 Å². The first-order chi connectivity index (χ1) is 7.55. The van der Waals surface area contributed by atoms with Crippen molar-refractivity contribution in [3.8, 4) is 0 Å². The zero-order valence-electron chi connectivity index (χ0n) is 9.29. The lowest BCUT2D eigenvalue weighted by Crippen LogP contribution is -2.53. The summed E-state index contributed by atoms with van der Waals surface area (Å²) < 4.78 is 24.5. The number of rotatable bonds is 0. The Kier molecular flexibility index (Phi) is 1.90.